The van der Waals surface area contributed by atoms with Crippen LogP contribution in [0.1, 0.15) is 6.92 Å². The molecule has 0 atom stereocenters. The van der Waals surface area contributed by atoms with Gasteiger partial charge in [0, 0.05) is 4.90 Å². The van der Waals surface area contributed by atoms with E-state index >= 15 is 0 Å². The molecule has 0 saturated carbocycles. The maximum Gasteiger partial charge on any atom is 0.316 e. The number of nitrogens with zero attached hydrogens (tertiary/aromatic N) is 1. The van der Waals surface area contributed by atoms with Gasteiger partial charge in [0.15, 0.2) is 0 Å². The Balaban J connectivity index is 2.45. The molecule has 1 rings (SSSR count). The van der Waals surface area contributed by atoms with E-state index in [2.05, 4.69) is 4.99 Å². The first-order valence-corrected chi connectivity index (χ1v) is 6.05. The van der Waals surface area contributed by atoms with Crippen LogP contribution >= 0.6 is 11.8 Å². The molecular formula is C11H14N2O3S. The van der Waals surface area contributed by atoms with Crippen LogP contribution < -0.4 is 5.48 Å². The van der Waals surface area contributed by atoms with Crippen LogP contribution in [0.2, 0.25) is 0 Å². The minimum atomic E-state index is -0.218. The topological polar surface area (TPSA) is 70.9 Å². The third-order valence-electron chi connectivity index (χ3n) is 1.77. The molecule has 0 bridgehead atoms. The molecule has 1 aromatic carbocycles. The zero-order valence-electron chi connectivity index (χ0n) is 9.42. The molecule has 17 heavy (non-hydrogen) atoms. The number of hydrogen-bond acceptors (Lipinski definition) is 5. The van der Waals surface area contributed by atoms with Crippen molar-refractivity contribution in [1.82, 2.24) is 5.48 Å². The number of ether oxygens (including phenoxy) is 1. The third kappa shape index (κ3) is 5.37. The highest BCUT2D eigenvalue weighted by atomic mass is 32.2. The fourth-order valence-corrected chi connectivity index (χ4v) is 1.77. The van der Waals surface area contributed by atoms with Gasteiger partial charge in [0.2, 0.25) is 0 Å². The molecule has 1 aromatic rings. The monoisotopic (exact) mass is 254 g/mol. The number of esters is 1. The van der Waals surface area contributed by atoms with E-state index in [1.165, 1.54) is 18.1 Å². The van der Waals surface area contributed by atoms with Gasteiger partial charge in [-0.1, -0.05) is 0 Å². The van der Waals surface area contributed by atoms with Crippen LogP contribution in [0.4, 0.5) is 5.69 Å². The number of thioether (sulfide) groups is 1. The minimum Gasteiger partial charge on any atom is -0.465 e. The van der Waals surface area contributed by atoms with E-state index in [0.29, 0.717) is 18.0 Å². The van der Waals surface area contributed by atoms with E-state index in [-0.39, 0.29) is 5.97 Å². The second kappa shape index (κ2) is 7.70. The fraction of sp³-hybridized carbons (Fsp3) is 0.273. The van der Waals surface area contributed by atoms with E-state index in [9.17, 15) is 4.79 Å². The first-order chi connectivity index (χ1) is 8.26. The first-order valence-electron chi connectivity index (χ1n) is 5.07. The zero-order valence-corrected chi connectivity index (χ0v) is 10.2. The highest BCUT2D eigenvalue weighted by molar-refractivity contribution is 8.00. The van der Waals surface area contributed by atoms with Gasteiger partial charge in [0.25, 0.3) is 0 Å². The molecule has 0 heterocycles. The van der Waals surface area contributed by atoms with E-state index < -0.39 is 0 Å². The number of aliphatic imine (C=N–C) groups is 1. The summed E-state index contributed by atoms with van der Waals surface area (Å²) in [6, 6.07) is 7.30. The van der Waals surface area contributed by atoms with Crippen molar-refractivity contribution in [3.8, 4) is 0 Å². The summed E-state index contributed by atoms with van der Waals surface area (Å²) in [5.41, 5.74) is 2.54. The molecule has 0 saturated heterocycles. The molecule has 2 N–H and O–H groups in total. The summed E-state index contributed by atoms with van der Waals surface area (Å²) in [5, 5.41) is 8.32. The van der Waals surface area contributed by atoms with Crippen LogP contribution in [0.3, 0.4) is 0 Å². The van der Waals surface area contributed by atoms with Crippen molar-refractivity contribution in [2.75, 3.05) is 12.4 Å². The SMILES string of the molecule is CCOC(=O)CSc1ccc(N=CNO)cc1. The van der Waals surface area contributed by atoms with Gasteiger partial charge in [-0.25, -0.2) is 4.99 Å². The van der Waals surface area contributed by atoms with Crippen LogP contribution in [0.5, 0.6) is 0 Å². The van der Waals surface area contributed by atoms with Crippen LogP contribution in [0, 0.1) is 0 Å². The lowest BCUT2D eigenvalue weighted by Crippen LogP contribution is -2.06. The van der Waals surface area contributed by atoms with Gasteiger partial charge in [-0.3, -0.25) is 15.5 Å². The highest BCUT2D eigenvalue weighted by Crippen LogP contribution is 2.21. The maximum atomic E-state index is 11.1. The van der Waals surface area contributed by atoms with Crippen molar-refractivity contribution >= 4 is 29.8 Å². The van der Waals surface area contributed by atoms with Gasteiger partial charge < -0.3 is 4.74 Å². The molecule has 0 aliphatic carbocycles. The number of carbonyl (C=O) groups is 1. The Morgan fingerprint density at radius 3 is 2.82 bits per heavy atom. The molecule has 0 fully saturated rings. The van der Waals surface area contributed by atoms with E-state index in [4.69, 9.17) is 9.94 Å². The van der Waals surface area contributed by atoms with Crippen molar-refractivity contribution in [2.45, 2.75) is 11.8 Å². The predicted molar refractivity (Wildman–Crippen MR) is 66.9 cm³/mol. The molecule has 0 amide bonds. The lowest BCUT2D eigenvalue weighted by molar-refractivity contribution is -0.139. The summed E-state index contributed by atoms with van der Waals surface area (Å²) in [4.78, 5) is 16.0. The van der Waals surface area contributed by atoms with Crippen molar-refractivity contribution in [2.24, 2.45) is 4.99 Å². The number of hydrogen-bond donors (Lipinski definition) is 2. The molecule has 0 aliphatic rings. The van der Waals surface area contributed by atoms with Gasteiger partial charge in [-0.15, -0.1) is 11.8 Å². The summed E-state index contributed by atoms with van der Waals surface area (Å²) < 4.78 is 4.82. The summed E-state index contributed by atoms with van der Waals surface area (Å²) in [5.74, 6) is 0.0818. The number of benzene rings is 1. The molecule has 6 heteroatoms. The van der Waals surface area contributed by atoms with E-state index in [1.807, 2.05) is 17.6 Å². The van der Waals surface area contributed by atoms with Crippen molar-refractivity contribution in [1.29, 1.82) is 0 Å². The molecular weight excluding hydrogens is 240 g/mol. The fourth-order valence-electron chi connectivity index (χ4n) is 1.08. The smallest absolute Gasteiger partial charge is 0.316 e. The Labute approximate surface area is 104 Å². The van der Waals surface area contributed by atoms with Crippen molar-refractivity contribution in [3.05, 3.63) is 24.3 Å². The quantitative estimate of drug-likeness (QED) is 0.267. The summed E-state index contributed by atoms with van der Waals surface area (Å²) in [6.45, 7) is 2.19. The van der Waals surface area contributed by atoms with Gasteiger partial charge in [0.1, 0.15) is 6.34 Å². The predicted octanol–water partition coefficient (Wildman–Crippen LogP) is 1.98. The second-order valence-electron chi connectivity index (χ2n) is 2.97. The van der Waals surface area contributed by atoms with Gasteiger partial charge in [0.05, 0.1) is 18.0 Å². The standard InChI is InChI=1S/C11H14N2O3S/c1-2-16-11(14)7-17-10-5-3-9(4-6-10)12-8-13-15/h3-6,8,15H,2,7H2,1H3,(H,12,13). The summed E-state index contributed by atoms with van der Waals surface area (Å²) >= 11 is 1.41. The molecule has 92 valence electrons. The van der Waals surface area contributed by atoms with Crippen molar-refractivity contribution < 1.29 is 14.7 Å². The van der Waals surface area contributed by atoms with Gasteiger partial charge in [-0.2, -0.15) is 0 Å². The lowest BCUT2D eigenvalue weighted by Gasteiger charge is -2.02. The number of carbonyl (C=O) groups excluding carboxylic acids is 1. The number of nitrogens with one attached hydrogen (secondary N) is 1. The first kappa shape index (κ1) is 13.5. The zero-order chi connectivity index (χ0) is 12.5. The third-order valence-corrected chi connectivity index (χ3v) is 2.76. The number of hydroxylamine groups is 1. The number of rotatable bonds is 6. The van der Waals surface area contributed by atoms with Gasteiger partial charge in [-0.05, 0) is 31.2 Å². The molecule has 5 nitrogen and oxygen atoms in total. The Morgan fingerprint density at radius 2 is 2.24 bits per heavy atom. The summed E-state index contributed by atoms with van der Waals surface area (Å²) in [7, 11) is 0. The van der Waals surface area contributed by atoms with Crippen molar-refractivity contribution in [3.63, 3.8) is 0 Å². The minimum absolute atomic E-state index is 0.218. The second-order valence-corrected chi connectivity index (χ2v) is 4.02. The molecule has 0 radical (unpaired) electrons. The van der Waals surface area contributed by atoms with Crippen LogP contribution in [0.25, 0.3) is 0 Å². The Hall–Kier alpha value is -1.53. The Morgan fingerprint density at radius 1 is 1.53 bits per heavy atom. The normalized spacial score (nSPS) is 10.5. The van der Waals surface area contributed by atoms with E-state index in [0.717, 1.165) is 4.90 Å². The highest BCUT2D eigenvalue weighted by Gasteiger charge is 2.02. The Kier molecular flexibility index (Phi) is 6.13. The molecule has 0 unspecified atom stereocenters. The Bertz CT molecular complexity index is 379. The van der Waals surface area contributed by atoms with E-state index in [1.54, 1.807) is 19.1 Å². The molecule has 0 aliphatic heterocycles. The van der Waals surface area contributed by atoms with Crippen LogP contribution in [-0.4, -0.2) is 29.9 Å². The van der Waals surface area contributed by atoms with Crippen LogP contribution in [-0.2, 0) is 9.53 Å². The van der Waals surface area contributed by atoms with Gasteiger partial charge >= 0.3 is 5.97 Å². The average Bonchev–Trinajstić information content (AvgIpc) is 2.35. The summed E-state index contributed by atoms with van der Waals surface area (Å²) in [6.07, 6.45) is 1.18. The largest absolute Gasteiger partial charge is 0.465 e. The molecule has 0 spiro atoms. The lowest BCUT2D eigenvalue weighted by atomic mass is 10.3. The maximum absolute atomic E-state index is 11.1. The molecule has 0 aromatic heterocycles. The van der Waals surface area contributed by atoms with Crippen LogP contribution in [0.15, 0.2) is 34.2 Å². The average molecular weight is 254 g/mol.